The van der Waals surface area contributed by atoms with E-state index in [4.69, 9.17) is 9.47 Å². The van der Waals surface area contributed by atoms with Crippen LogP contribution < -0.4 is 0 Å². The molecule has 1 fully saturated rings. The van der Waals surface area contributed by atoms with Crippen molar-refractivity contribution >= 4 is 17.8 Å². The number of rotatable bonds is 7. The van der Waals surface area contributed by atoms with Gasteiger partial charge in [-0.3, -0.25) is 4.79 Å². The summed E-state index contributed by atoms with van der Waals surface area (Å²) >= 11 is 0. The smallest absolute Gasteiger partial charge is 0.341 e. The van der Waals surface area contributed by atoms with Gasteiger partial charge >= 0.3 is 11.9 Å². The molecule has 0 aromatic heterocycles. The third-order valence-electron chi connectivity index (χ3n) is 6.09. The number of nitrogens with zero attached hydrogens (tertiary/aromatic N) is 1. The maximum atomic E-state index is 13.2. The van der Waals surface area contributed by atoms with Crippen LogP contribution in [0.4, 0.5) is 0 Å². The number of hydrogen-bond acceptors (Lipinski definition) is 6. The Morgan fingerprint density at radius 3 is 1.97 bits per heavy atom. The van der Waals surface area contributed by atoms with Gasteiger partial charge in [-0.15, -0.1) is 0 Å². The number of ether oxygens (including phenoxy) is 2. The Balaban J connectivity index is 1.56. The summed E-state index contributed by atoms with van der Waals surface area (Å²) in [5.41, 5.74) is 1.18. The second kappa shape index (κ2) is 10.3. The van der Waals surface area contributed by atoms with Gasteiger partial charge in [0.05, 0.1) is 0 Å². The van der Waals surface area contributed by atoms with Crippen molar-refractivity contribution in [3.63, 3.8) is 0 Å². The van der Waals surface area contributed by atoms with Crippen LogP contribution in [0, 0.1) is 0 Å². The van der Waals surface area contributed by atoms with Crippen LogP contribution >= 0.6 is 0 Å². The highest BCUT2D eigenvalue weighted by Crippen LogP contribution is 2.34. The van der Waals surface area contributed by atoms with Crippen LogP contribution in [0.3, 0.4) is 0 Å². The lowest BCUT2D eigenvalue weighted by Crippen LogP contribution is -2.49. The van der Waals surface area contributed by atoms with Crippen molar-refractivity contribution in [1.82, 2.24) is 4.90 Å². The summed E-state index contributed by atoms with van der Waals surface area (Å²) < 4.78 is 10.9. The molecule has 1 N–H and O–H groups in total. The first-order valence-corrected chi connectivity index (χ1v) is 11.2. The van der Waals surface area contributed by atoms with Crippen LogP contribution in [0.1, 0.15) is 43.2 Å². The maximum Gasteiger partial charge on any atom is 0.341 e. The van der Waals surface area contributed by atoms with E-state index in [1.807, 2.05) is 48.5 Å². The molecule has 1 atom stereocenters. The average Bonchev–Trinajstić information content (AvgIpc) is 3.13. The number of aliphatic hydroxyl groups excluding tert-OH is 1. The predicted octanol–water partition coefficient (Wildman–Crippen LogP) is 3.83. The van der Waals surface area contributed by atoms with Crippen LogP contribution in [0.25, 0.3) is 0 Å². The first kappa shape index (κ1) is 22.6. The van der Waals surface area contributed by atoms with Crippen molar-refractivity contribution in [2.75, 3.05) is 0 Å². The van der Waals surface area contributed by atoms with Crippen LogP contribution in [0.2, 0.25) is 0 Å². The Bertz CT molecular complexity index is 1030. The standard InChI is InChI=1S/C26H27NO6/c28-23-21(25(30)32-16-18-10-4-1-5-11-18)22(26(31)33-17-19-12-6-2-7-13-19)27(24(23)29)20-14-8-3-9-15-20/h1-2,4-7,10-13,20,22,28H,3,8-9,14-17H2. The molecule has 0 radical (unpaired) electrons. The Labute approximate surface area is 192 Å². The summed E-state index contributed by atoms with van der Waals surface area (Å²) in [7, 11) is 0. The number of hydrogen-bond donors (Lipinski definition) is 1. The van der Waals surface area contributed by atoms with E-state index in [9.17, 15) is 19.5 Å². The Hall–Kier alpha value is -3.61. The first-order valence-electron chi connectivity index (χ1n) is 11.2. The van der Waals surface area contributed by atoms with E-state index in [0.29, 0.717) is 12.8 Å². The van der Waals surface area contributed by atoms with Gasteiger partial charge < -0.3 is 19.5 Å². The van der Waals surface area contributed by atoms with Crippen molar-refractivity contribution < 1.29 is 29.0 Å². The molecule has 1 aliphatic carbocycles. The maximum absolute atomic E-state index is 13.2. The third kappa shape index (κ3) is 5.08. The van der Waals surface area contributed by atoms with Gasteiger partial charge in [0.1, 0.15) is 18.8 Å². The predicted molar refractivity (Wildman–Crippen MR) is 120 cm³/mol. The summed E-state index contributed by atoms with van der Waals surface area (Å²) in [5.74, 6) is -3.12. The highest BCUT2D eigenvalue weighted by atomic mass is 16.5. The van der Waals surface area contributed by atoms with Crippen molar-refractivity contribution in [3.05, 3.63) is 83.1 Å². The lowest BCUT2D eigenvalue weighted by atomic mass is 9.93. The fourth-order valence-electron chi connectivity index (χ4n) is 4.41. The minimum absolute atomic E-state index is 0.00399. The van der Waals surface area contributed by atoms with E-state index < -0.39 is 29.6 Å². The van der Waals surface area contributed by atoms with Crippen LogP contribution in [-0.4, -0.2) is 39.9 Å². The fraction of sp³-hybridized carbons (Fsp3) is 0.346. The minimum Gasteiger partial charge on any atom is -0.503 e. The molecule has 1 aliphatic heterocycles. The lowest BCUT2D eigenvalue weighted by molar-refractivity contribution is -0.156. The van der Waals surface area contributed by atoms with Gasteiger partial charge in [-0.2, -0.15) is 0 Å². The van der Waals surface area contributed by atoms with E-state index in [-0.39, 0.29) is 24.8 Å². The van der Waals surface area contributed by atoms with Gasteiger partial charge in [0.2, 0.25) is 0 Å². The van der Waals surface area contributed by atoms with E-state index >= 15 is 0 Å². The summed E-state index contributed by atoms with van der Waals surface area (Å²) in [5, 5.41) is 10.6. The molecule has 33 heavy (non-hydrogen) atoms. The molecule has 0 spiro atoms. The van der Waals surface area contributed by atoms with Gasteiger partial charge in [-0.05, 0) is 24.0 Å². The van der Waals surface area contributed by atoms with Crippen molar-refractivity contribution in [1.29, 1.82) is 0 Å². The molecule has 2 aromatic carbocycles. The Kier molecular flexibility index (Phi) is 7.07. The minimum atomic E-state index is -1.33. The summed E-state index contributed by atoms with van der Waals surface area (Å²) in [6.45, 7) is -0.0458. The fourth-order valence-corrected chi connectivity index (χ4v) is 4.41. The average molecular weight is 450 g/mol. The monoisotopic (exact) mass is 449 g/mol. The molecule has 7 heteroatoms. The van der Waals surface area contributed by atoms with Crippen LogP contribution in [-0.2, 0) is 37.1 Å². The molecule has 1 heterocycles. The van der Waals surface area contributed by atoms with Gasteiger partial charge in [-0.1, -0.05) is 79.9 Å². The highest BCUT2D eigenvalue weighted by Gasteiger charge is 2.51. The molecule has 1 saturated carbocycles. The van der Waals surface area contributed by atoms with E-state index in [0.717, 1.165) is 30.4 Å². The summed E-state index contributed by atoms with van der Waals surface area (Å²) in [4.78, 5) is 40.5. The molecule has 172 valence electrons. The molecule has 1 unspecified atom stereocenters. The molecular formula is C26H27NO6. The first-order chi connectivity index (χ1) is 16.1. The van der Waals surface area contributed by atoms with Crippen LogP contribution in [0.5, 0.6) is 0 Å². The van der Waals surface area contributed by atoms with E-state index in [2.05, 4.69) is 0 Å². The molecule has 1 amide bonds. The normalized spacial score (nSPS) is 19.0. The van der Waals surface area contributed by atoms with E-state index in [1.54, 1.807) is 12.1 Å². The van der Waals surface area contributed by atoms with Crippen LogP contribution in [0.15, 0.2) is 72.0 Å². The number of carbonyl (C=O) groups excluding carboxylic acids is 3. The quantitative estimate of drug-likeness (QED) is 0.646. The molecule has 0 bridgehead atoms. The number of aliphatic hydroxyl groups is 1. The largest absolute Gasteiger partial charge is 0.503 e. The van der Waals surface area contributed by atoms with Gasteiger partial charge in [0, 0.05) is 6.04 Å². The van der Waals surface area contributed by atoms with Gasteiger partial charge in [0.25, 0.3) is 5.91 Å². The zero-order valence-corrected chi connectivity index (χ0v) is 18.3. The van der Waals surface area contributed by atoms with Crippen molar-refractivity contribution in [2.24, 2.45) is 0 Å². The number of esters is 2. The molecule has 2 aromatic rings. The lowest BCUT2D eigenvalue weighted by Gasteiger charge is -2.35. The zero-order valence-electron chi connectivity index (χ0n) is 18.3. The van der Waals surface area contributed by atoms with Gasteiger partial charge in [0.15, 0.2) is 11.8 Å². The van der Waals surface area contributed by atoms with Crippen molar-refractivity contribution in [3.8, 4) is 0 Å². The zero-order chi connectivity index (χ0) is 23.2. The van der Waals surface area contributed by atoms with Gasteiger partial charge in [-0.25, -0.2) is 9.59 Å². The SMILES string of the molecule is O=C(OCc1ccccc1)C1=C(O)C(=O)N(C2CCCCC2)C1C(=O)OCc1ccccc1. The molecule has 2 aliphatic rings. The van der Waals surface area contributed by atoms with Crippen molar-refractivity contribution in [2.45, 2.75) is 57.4 Å². The second-order valence-electron chi connectivity index (χ2n) is 8.32. The van der Waals surface area contributed by atoms with E-state index in [1.165, 1.54) is 4.90 Å². The summed E-state index contributed by atoms with van der Waals surface area (Å²) in [6.07, 6.45) is 4.28. The molecule has 7 nitrogen and oxygen atoms in total. The molecule has 4 rings (SSSR count). The molecular weight excluding hydrogens is 422 g/mol. The summed E-state index contributed by atoms with van der Waals surface area (Å²) in [6, 6.07) is 16.6. The third-order valence-corrected chi connectivity index (χ3v) is 6.09. The number of amides is 1. The highest BCUT2D eigenvalue weighted by molar-refractivity contribution is 6.11. The topological polar surface area (TPSA) is 93.1 Å². The number of carbonyl (C=O) groups is 3. The Morgan fingerprint density at radius 2 is 1.39 bits per heavy atom. The number of benzene rings is 2. The second-order valence-corrected chi connectivity index (χ2v) is 8.32. The Morgan fingerprint density at radius 1 is 0.848 bits per heavy atom. The molecule has 0 saturated heterocycles.